The monoisotopic (exact) mass is 180 g/mol. The molecule has 0 saturated heterocycles. The quantitative estimate of drug-likeness (QED) is 0.603. The van der Waals surface area contributed by atoms with E-state index >= 15 is 0 Å². The van der Waals surface area contributed by atoms with Gasteiger partial charge in [0.25, 0.3) is 0 Å². The van der Waals surface area contributed by atoms with E-state index in [2.05, 4.69) is 27.7 Å². The van der Waals surface area contributed by atoms with Gasteiger partial charge in [0.15, 0.2) is 0 Å². The van der Waals surface area contributed by atoms with E-state index in [-0.39, 0.29) is 0 Å². The molecule has 0 amide bonds. The summed E-state index contributed by atoms with van der Waals surface area (Å²) in [4.78, 5) is 0. The van der Waals surface area contributed by atoms with Crippen molar-refractivity contribution in [2.24, 2.45) is 35.5 Å². The molecule has 4 atom stereocenters. The Labute approximate surface area is 83.1 Å². The van der Waals surface area contributed by atoms with Crippen molar-refractivity contribution in [3.63, 3.8) is 0 Å². The molecule has 0 heterocycles. The molecule has 2 rings (SSSR count). The number of rotatable bonds is 2. The number of hydrogen-bond donors (Lipinski definition) is 0. The first-order valence-electron chi connectivity index (χ1n) is 6.11. The second-order valence-electron chi connectivity index (χ2n) is 5.89. The Morgan fingerprint density at radius 1 is 1.08 bits per heavy atom. The van der Waals surface area contributed by atoms with Crippen molar-refractivity contribution >= 4 is 0 Å². The molecule has 0 bridgehead atoms. The van der Waals surface area contributed by atoms with E-state index in [0.717, 1.165) is 35.5 Å². The van der Waals surface area contributed by atoms with Gasteiger partial charge in [0.05, 0.1) is 0 Å². The third-order valence-corrected chi connectivity index (χ3v) is 4.58. The van der Waals surface area contributed by atoms with Crippen molar-refractivity contribution in [3.8, 4) is 0 Å². The maximum atomic E-state index is 2.51. The van der Waals surface area contributed by atoms with Gasteiger partial charge in [-0.1, -0.05) is 27.7 Å². The number of hydrogen-bond acceptors (Lipinski definition) is 0. The predicted octanol–water partition coefficient (Wildman–Crippen LogP) is 3.96. The first-order valence-corrected chi connectivity index (χ1v) is 6.11. The Hall–Kier alpha value is 0. The molecule has 0 aromatic carbocycles. The SMILES string of the molecule is CC(C)C1C(C)CC(C2CC2)C1C. The fourth-order valence-electron chi connectivity index (χ4n) is 4.02. The molecule has 0 heteroatoms. The summed E-state index contributed by atoms with van der Waals surface area (Å²) in [6.07, 6.45) is 4.59. The molecule has 76 valence electrons. The Balaban J connectivity index is 2.04. The molecule has 0 aromatic rings. The highest BCUT2D eigenvalue weighted by Gasteiger charge is 2.45. The van der Waals surface area contributed by atoms with Crippen LogP contribution in [0.1, 0.15) is 47.0 Å². The second-order valence-corrected chi connectivity index (χ2v) is 5.89. The van der Waals surface area contributed by atoms with E-state index in [1.165, 1.54) is 19.3 Å². The highest BCUT2D eigenvalue weighted by atomic mass is 14.5. The van der Waals surface area contributed by atoms with Gasteiger partial charge in [0.2, 0.25) is 0 Å². The lowest BCUT2D eigenvalue weighted by Crippen LogP contribution is -2.19. The maximum absolute atomic E-state index is 2.51. The average Bonchev–Trinajstić information content (AvgIpc) is 2.78. The molecular weight excluding hydrogens is 156 g/mol. The van der Waals surface area contributed by atoms with Crippen LogP contribution in [-0.4, -0.2) is 0 Å². The van der Waals surface area contributed by atoms with Gasteiger partial charge in [0, 0.05) is 0 Å². The van der Waals surface area contributed by atoms with Crippen LogP contribution < -0.4 is 0 Å². The second kappa shape index (κ2) is 3.29. The molecule has 0 aromatic heterocycles. The minimum Gasteiger partial charge on any atom is -0.0625 e. The van der Waals surface area contributed by atoms with Crippen LogP contribution in [0, 0.1) is 35.5 Å². The summed E-state index contributed by atoms with van der Waals surface area (Å²) in [6, 6.07) is 0. The van der Waals surface area contributed by atoms with Crippen molar-refractivity contribution in [1.82, 2.24) is 0 Å². The van der Waals surface area contributed by atoms with Gasteiger partial charge in [-0.25, -0.2) is 0 Å². The molecule has 2 aliphatic rings. The largest absolute Gasteiger partial charge is 0.0625 e. The predicted molar refractivity (Wildman–Crippen MR) is 57.5 cm³/mol. The highest BCUT2D eigenvalue weighted by Crippen LogP contribution is 2.53. The topological polar surface area (TPSA) is 0 Å². The van der Waals surface area contributed by atoms with Crippen LogP contribution in [0.3, 0.4) is 0 Å². The smallest absolute Gasteiger partial charge is 0.0337 e. The zero-order valence-electron chi connectivity index (χ0n) is 9.59. The Kier molecular flexibility index (Phi) is 2.42. The van der Waals surface area contributed by atoms with E-state index in [1.54, 1.807) is 0 Å². The van der Waals surface area contributed by atoms with Gasteiger partial charge in [0.1, 0.15) is 0 Å². The summed E-state index contributed by atoms with van der Waals surface area (Å²) in [5, 5.41) is 0. The lowest BCUT2D eigenvalue weighted by molar-refractivity contribution is 0.229. The van der Waals surface area contributed by atoms with Gasteiger partial charge in [-0.2, -0.15) is 0 Å². The molecule has 0 N–H and O–H groups in total. The zero-order chi connectivity index (χ0) is 9.59. The Bertz CT molecular complexity index is 178. The Morgan fingerprint density at radius 2 is 1.69 bits per heavy atom. The normalized spacial score (nSPS) is 45.9. The van der Waals surface area contributed by atoms with Crippen molar-refractivity contribution in [2.45, 2.75) is 47.0 Å². The van der Waals surface area contributed by atoms with Gasteiger partial charge >= 0.3 is 0 Å². The summed E-state index contributed by atoms with van der Waals surface area (Å²) in [5.74, 6) is 6.10. The van der Waals surface area contributed by atoms with Crippen LogP contribution in [0.15, 0.2) is 0 Å². The van der Waals surface area contributed by atoms with Gasteiger partial charge in [-0.15, -0.1) is 0 Å². The van der Waals surface area contributed by atoms with Gasteiger partial charge in [-0.05, 0) is 54.8 Å². The molecule has 0 aliphatic heterocycles. The van der Waals surface area contributed by atoms with E-state index in [1.807, 2.05) is 0 Å². The molecule has 13 heavy (non-hydrogen) atoms. The summed E-state index contributed by atoms with van der Waals surface area (Å²) in [6.45, 7) is 9.81. The van der Waals surface area contributed by atoms with Crippen molar-refractivity contribution in [1.29, 1.82) is 0 Å². The molecule has 2 fully saturated rings. The lowest BCUT2D eigenvalue weighted by Gasteiger charge is -2.25. The average molecular weight is 180 g/mol. The third kappa shape index (κ3) is 1.65. The fraction of sp³-hybridized carbons (Fsp3) is 1.00. The molecule has 4 unspecified atom stereocenters. The van der Waals surface area contributed by atoms with E-state index in [4.69, 9.17) is 0 Å². The Morgan fingerprint density at radius 3 is 2.08 bits per heavy atom. The van der Waals surface area contributed by atoms with Crippen LogP contribution in [0.5, 0.6) is 0 Å². The minimum atomic E-state index is 0.897. The van der Waals surface area contributed by atoms with Crippen LogP contribution in [0.2, 0.25) is 0 Å². The highest BCUT2D eigenvalue weighted by molar-refractivity contribution is 4.95. The molecule has 2 saturated carbocycles. The molecule has 0 spiro atoms. The van der Waals surface area contributed by atoms with Gasteiger partial charge in [-0.3, -0.25) is 0 Å². The summed E-state index contributed by atoms with van der Waals surface area (Å²) in [7, 11) is 0. The standard InChI is InChI=1S/C13H24/c1-8(2)13-9(3)7-12(10(13)4)11-5-6-11/h8-13H,5-7H2,1-4H3. The van der Waals surface area contributed by atoms with Crippen LogP contribution in [0.25, 0.3) is 0 Å². The molecule has 0 nitrogen and oxygen atoms in total. The zero-order valence-corrected chi connectivity index (χ0v) is 9.59. The molecule has 2 aliphatic carbocycles. The first-order chi connectivity index (χ1) is 6.11. The van der Waals surface area contributed by atoms with E-state index < -0.39 is 0 Å². The molecule has 0 radical (unpaired) electrons. The third-order valence-electron chi connectivity index (χ3n) is 4.58. The lowest BCUT2D eigenvalue weighted by atomic mass is 9.80. The van der Waals surface area contributed by atoms with E-state index in [9.17, 15) is 0 Å². The van der Waals surface area contributed by atoms with Crippen molar-refractivity contribution in [2.75, 3.05) is 0 Å². The fourth-order valence-corrected chi connectivity index (χ4v) is 4.02. The molecular formula is C13H24. The van der Waals surface area contributed by atoms with Gasteiger partial charge < -0.3 is 0 Å². The first kappa shape index (κ1) is 9.55. The van der Waals surface area contributed by atoms with E-state index in [0.29, 0.717) is 0 Å². The summed E-state index contributed by atoms with van der Waals surface area (Å²) >= 11 is 0. The summed E-state index contributed by atoms with van der Waals surface area (Å²) < 4.78 is 0. The van der Waals surface area contributed by atoms with Crippen LogP contribution in [0.4, 0.5) is 0 Å². The van der Waals surface area contributed by atoms with Crippen molar-refractivity contribution in [3.05, 3.63) is 0 Å². The summed E-state index contributed by atoms with van der Waals surface area (Å²) in [5.41, 5.74) is 0. The van der Waals surface area contributed by atoms with Crippen LogP contribution in [-0.2, 0) is 0 Å². The van der Waals surface area contributed by atoms with Crippen molar-refractivity contribution < 1.29 is 0 Å². The minimum absolute atomic E-state index is 0.897. The van der Waals surface area contributed by atoms with Crippen LogP contribution >= 0.6 is 0 Å². The maximum Gasteiger partial charge on any atom is -0.0337 e.